The molecule has 6 nitrogen and oxygen atoms in total. The second kappa shape index (κ2) is 8.48. The lowest BCUT2D eigenvalue weighted by molar-refractivity contribution is -0.155. The second-order valence-electron chi connectivity index (χ2n) is 6.69. The molecule has 2 N–H and O–H groups in total. The lowest BCUT2D eigenvalue weighted by Gasteiger charge is -2.23. The minimum atomic E-state index is -4.70. The summed E-state index contributed by atoms with van der Waals surface area (Å²) in [6, 6.07) is 12.1. The minimum absolute atomic E-state index is 0.0750. The van der Waals surface area contributed by atoms with Crippen LogP contribution in [0.2, 0.25) is 0 Å². The fourth-order valence-electron chi connectivity index (χ4n) is 3.09. The van der Waals surface area contributed by atoms with E-state index in [2.05, 4.69) is 10.4 Å². The van der Waals surface area contributed by atoms with Crippen molar-refractivity contribution in [2.24, 2.45) is 7.05 Å². The molecule has 0 aliphatic rings. The lowest BCUT2D eigenvalue weighted by atomic mass is 10.0. The van der Waals surface area contributed by atoms with E-state index >= 15 is 0 Å². The van der Waals surface area contributed by atoms with Gasteiger partial charge in [0, 0.05) is 18.3 Å². The predicted octanol–water partition coefficient (Wildman–Crippen LogP) is 5.25. The molecule has 2 aromatic carbocycles. The van der Waals surface area contributed by atoms with Crippen LogP contribution >= 0.6 is 0 Å². The average Bonchev–Trinajstić information content (AvgIpc) is 2.93. The summed E-state index contributed by atoms with van der Waals surface area (Å²) in [5.74, 6) is 0.832. The van der Waals surface area contributed by atoms with Crippen LogP contribution in [-0.2, 0) is 7.05 Å². The van der Waals surface area contributed by atoms with Crippen LogP contribution in [0, 0.1) is 13.8 Å². The number of aromatic nitrogens is 2. The third-order valence-electron chi connectivity index (χ3n) is 4.56. The minimum Gasteiger partial charge on any atom is -0.455 e. The first-order chi connectivity index (χ1) is 14.2. The number of carbonyl (C=O) groups excluding carboxylic acids is 1. The number of ether oxygens (including phenoxy) is 1. The highest BCUT2D eigenvalue weighted by Gasteiger charge is 2.44. The van der Waals surface area contributed by atoms with Crippen LogP contribution < -0.4 is 15.4 Å². The highest BCUT2D eigenvalue weighted by Crippen LogP contribution is 2.36. The van der Waals surface area contributed by atoms with Crippen molar-refractivity contribution in [3.05, 3.63) is 71.5 Å². The second-order valence-corrected chi connectivity index (χ2v) is 6.69. The first-order valence-electron chi connectivity index (χ1n) is 9.13. The molecule has 9 heteroatoms. The van der Waals surface area contributed by atoms with Crippen LogP contribution in [0.4, 0.5) is 23.7 Å². The summed E-state index contributed by atoms with van der Waals surface area (Å²) in [5.41, 5.74) is 0.682. The van der Waals surface area contributed by atoms with Gasteiger partial charge in [0.05, 0.1) is 11.4 Å². The Balaban J connectivity index is 1.82. The molecule has 0 saturated carbocycles. The summed E-state index contributed by atoms with van der Waals surface area (Å²) in [7, 11) is 1.55. The number of hydrogen-bond donors (Lipinski definition) is 2. The van der Waals surface area contributed by atoms with Gasteiger partial charge in [-0.3, -0.25) is 4.68 Å². The number of benzene rings is 2. The average molecular weight is 418 g/mol. The molecular formula is C21H21F3N4O2. The monoisotopic (exact) mass is 418 g/mol. The molecule has 1 atom stereocenters. The Morgan fingerprint density at radius 2 is 1.70 bits per heavy atom. The highest BCUT2D eigenvalue weighted by molar-refractivity contribution is 5.91. The standard InChI is InChI=1S/C21H21F3N4O2/c1-13-18(14(2)28(3)27-13)19(21(22,23)24)26-20(29)25-16-11-7-8-12-17(16)30-15-9-5-4-6-10-15/h4-12,19H,1-3H3,(H2,25,26,29)/t19-/m1/s1. The molecule has 0 spiro atoms. The number of aryl methyl sites for hydroxylation is 2. The third kappa shape index (κ3) is 4.73. The molecule has 0 saturated heterocycles. The molecule has 3 rings (SSSR count). The van der Waals surface area contributed by atoms with E-state index in [9.17, 15) is 18.0 Å². The van der Waals surface area contributed by atoms with Gasteiger partial charge in [-0.1, -0.05) is 30.3 Å². The predicted molar refractivity (Wildman–Crippen MR) is 107 cm³/mol. The fourth-order valence-corrected chi connectivity index (χ4v) is 3.09. The number of rotatable bonds is 5. The third-order valence-corrected chi connectivity index (χ3v) is 4.56. The Labute approximate surface area is 171 Å². The fraction of sp³-hybridized carbons (Fsp3) is 0.238. The van der Waals surface area contributed by atoms with Crippen LogP contribution in [0.1, 0.15) is 23.0 Å². The van der Waals surface area contributed by atoms with Gasteiger partial charge >= 0.3 is 12.2 Å². The van der Waals surface area contributed by atoms with Crippen molar-refractivity contribution < 1.29 is 22.7 Å². The Morgan fingerprint density at radius 3 is 2.30 bits per heavy atom. The van der Waals surface area contributed by atoms with Gasteiger partial charge in [0.25, 0.3) is 0 Å². The van der Waals surface area contributed by atoms with Gasteiger partial charge in [0.2, 0.25) is 0 Å². The number of amides is 2. The van der Waals surface area contributed by atoms with Crippen molar-refractivity contribution in [1.29, 1.82) is 0 Å². The molecule has 0 fully saturated rings. The Morgan fingerprint density at radius 1 is 1.07 bits per heavy atom. The summed E-state index contributed by atoms with van der Waals surface area (Å²) >= 11 is 0. The van der Waals surface area contributed by atoms with Crippen LogP contribution in [0.25, 0.3) is 0 Å². The van der Waals surface area contributed by atoms with E-state index in [1.54, 1.807) is 55.6 Å². The quantitative estimate of drug-likeness (QED) is 0.594. The zero-order valence-corrected chi connectivity index (χ0v) is 16.6. The van der Waals surface area contributed by atoms with Crippen molar-refractivity contribution in [2.75, 3.05) is 5.32 Å². The van der Waals surface area contributed by atoms with Gasteiger partial charge in [-0.05, 0) is 38.1 Å². The molecule has 0 aliphatic carbocycles. The lowest BCUT2D eigenvalue weighted by Crippen LogP contribution is -2.41. The van der Waals surface area contributed by atoms with Crippen LogP contribution in [0.15, 0.2) is 54.6 Å². The molecule has 1 aromatic heterocycles. The zero-order valence-electron chi connectivity index (χ0n) is 16.6. The number of alkyl halides is 3. The molecule has 3 aromatic rings. The maximum Gasteiger partial charge on any atom is 0.413 e. The number of nitrogens with zero attached hydrogens (tertiary/aromatic N) is 2. The van der Waals surface area contributed by atoms with E-state index in [1.807, 2.05) is 11.4 Å². The van der Waals surface area contributed by atoms with Crippen molar-refractivity contribution in [3.63, 3.8) is 0 Å². The van der Waals surface area contributed by atoms with E-state index < -0.39 is 18.2 Å². The van der Waals surface area contributed by atoms with Crippen LogP contribution in [-0.4, -0.2) is 22.0 Å². The van der Waals surface area contributed by atoms with Crippen LogP contribution in [0.3, 0.4) is 0 Å². The van der Waals surface area contributed by atoms with E-state index in [4.69, 9.17) is 4.74 Å². The summed E-state index contributed by atoms with van der Waals surface area (Å²) in [5, 5.41) is 8.49. The van der Waals surface area contributed by atoms with Crippen molar-refractivity contribution in [2.45, 2.75) is 26.1 Å². The first kappa shape index (κ1) is 21.2. The molecule has 0 radical (unpaired) electrons. The molecule has 0 unspecified atom stereocenters. The Bertz CT molecular complexity index is 1030. The number of para-hydroxylation sites is 3. The van der Waals surface area contributed by atoms with Gasteiger partial charge in [-0.15, -0.1) is 0 Å². The van der Waals surface area contributed by atoms with Crippen molar-refractivity contribution in [1.82, 2.24) is 15.1 Å². The van der Waals surface area contributed by atoms with E-state index in [-0.39, 0.29) is 16.9 Å². The number of urea groups is 1. The normalized spacial score (nSPS) is 12.3. The summed E-state index contributed by atoms with van der Waals surface area (Å²) in [4.78, 5) is 12.5. The Hall–Kier alpha value is -3.49. The van der Waals surface area contributed by atoms with E-state index in [1.165, 1.54) is 18.5 Å². The van der Waals surface area contributed by atoms with Crippen molar-refractivity contribution >= 4 is 11.7 Å². The molecule has 0 aliphatic heterocycles. The molecule has 158 valence electrons. The van der Waals surface area contributed by atoms with Gasteiger partial charge in [0.15, 0.2) is 11.8 Å². The maximum atomic E-state index is 13.7. The number of hydrogen-bond acceptors (Lipinski definition) is 3. The Kier molecular flexibility index (Phi) is 6.00. The highest BCUT2D eigenvalue weighted by atomic mass is 19.4. The number of carbonyl (C=O) groups is 1. The SMILES string of the molecule is Cc1nn(C)c(C)c1[C@@H](NC(=O)Nc1ccccc1Oc1ccccc1)C(F)(F)F. The number of nitrogens with one attached hydrogen (secondary N) is 2. The van der Waals surface area contributed by atoms with Gasteiger partial charge in [0.1, 0.15) is 5.75 Å². The van der Waals surface area contributed by atoms with E-state index in [0.29, 0.717) is 17.2 Å². The molecule has 0 bridgehead atoms. The van der Waals surface area contributed by atoms with Gasteiger partial charge in [-0.25, -0.2) is 4.79 Å². The topological polar surface area (TPSA) is 68.2 Å². The van der Waals surface area contributed by atoms with E-state index in [0.717, 1.165) is 0 Å². The first-order valence-corrected chi connectivity index (χ1v) is 9.13. The number of halogens is 3. The van der Waals surface area contributed by atoms with Gasteiger partial charge in [-0.2, -0.15) is 18.3 Å². The molecule has 30 heavy (non-hydrogen) atoms. The molecule has 2 amide bonds. The summed E-state index contributed by atoms with van der Waals surface area (Å²) in [6.45, 7) is 3.00. The largest absolute Gasteiger partial charge is 0.455 e. The molecule has 1 heterocycles. The van der Waals surface area contributed by atoms with Gasteiger partial charge < -0.3 is 15.4 Å². The summed E-state index contributed by atoms with van der Waals surface area (Å²) < 4.78 is 48.3. The van der Waals surface area contributed by atoms with Crippen molar-refractivity contribution in [3.8, 4) is 11.5 Å². The maximum absolute atomic E-state index is 13.7. The van der Waals surface area contributed by atoms with Crippen LogP contribution in [0.5, 0.6) is 11.5 Å². The molecular weight excluding hydrogens is 397 g/mol. The number of anilines is 1. The summed E-state index contributed by atoms with van der Waals surface area (Å²) in [6.07, 6.45) is -4.70. The zero-order chi connectivity index (χ0) is 21.9. The smallest absolute Gasteiger partial charge is 0.413 e.